The van der Waals surface area contributed by atoms with Crippen LogP contribution in [0.4, 0.5) is 0 Å². The van der Waals surface area contributed by atoms with E-state index in [1.54, 1.807) is 0 Å². The Balaban J connectivity index is 3.85. The molecule has 0 N–H and O–H groups in total. The summed E-state index contributed by atoms with van der Waals surface area (Å²) in [4.78, 5) is 0. The summed E-state index contributed by atoms with van der Waals surface area (Å²) in [6.07, 6.45) is 7.05. The summed E-state index contributed by atoms with van der Waals surface area (Å²) in [5.74, 6) is 0. The molecule has 14 heavy (non-hydrogen) atoms. The second-order valence-corrected chi connectivity index (χ2v) is 5.34. The van der Waals surface area contributed by atoms with Gasteiger partial charge in [0.15, 0.2) is 0 Å². The maximum Gasteiger partial charge on any atom is 0.0970 e. The highest BCUT2D eigenvalue weighted by Crippen LogP contribution is 2.07. The second-order valence-electron chi connectivity index (χ2n) is 5.34. The lowest BCUT2D eigenvalue weighted by Crippen LogP contribution is -2.34. The minimum atomic E-state index is 1.01. The maximum absolute atomic E-state index is 2.36. The van der Waals surface area contributed by atoms with Gasteiger partial charge in [0, 0.05) is 0 Å². The molecule has 0 saturated heterocycles. The Bertz CT molecular complexity index is 212. The van der Waals surface area contributed by atoms with Crippen LogP contribution < -0.4 is 0 Å². The predicted octanol–water partition coefficient (Wildman–Crippen LogP) is 3.39. The monoisotopic (exact) mass is 196 g/mol. The Morgan fingerprint density at radius 1 is 1.00 bits per heavy atom. The molecule has 0 bridgehead atoms. The van der Waals surface area contributed by atoms with Crippen molar-refractivity contribution >= 4 is 0 Å². The molecule has 0 spiro atoms. The van der Waals surface area contributed by atoms with E-state index in [0.29, 0.717) is 0 Å². The number of rotatable bonds is 5. The summed E-state index contributed by atoms with van der Waals surface area (Å²) in [5, 5.41) is 0. The molecular weight excluding hydrogens is 170 g/mol. The Morgan fingerprint density at radius 2 is 1.57 bits per heavy atom. The normalized spacial score (nSPS) is 12.9. The third-order valence-electron chi connectivity index (χ3n) is 2.08. The number of nitrogens with zero attached hydrogens (tertiary/aromatic N) is 1. The molecule has 0 amide bonds. The van der Waals surface area contributed by atoms with Gasteiger partial charge >= 0.3 is 0 Å². The zero-order valence-electron chi connectivity index (χ0n) is 10.7. The van der Waals surface area contributed by atoms with E-state index in [0.717, 1.165) is 11.0 Å². The molecule has 0 saturated carbocycles. The van der Waals surface area contributed by atoms with Crippen LogP contribution in [0, 0.1) is 0 Å². The molecule has 0 aromatic rings. The summed E-state index contributed by atoms with van der Waals surface area (Å²) in [7, 11) is 6.67. The molecule has 0 aliphatic carbocycles. The molecule has 0 aliphatic heterocycles. The molecule has 0 rings (SSSR count). The van der Waals surface area contributed by atoms with E-state index in [1.807, 2.05) is 0 Å². The zero-order chi connectivity index (χ0) is 11.2. The predicted molar refractivity (Wildman–Crippen MR) is 65.3 cm³/mol. The molecule has 0 atom stereocenters. The molecule has 0 aromatic carbocycles. The largest absolute Gasteiger partial charge is 0.328 e. The van der Waals surface area contributed by atoms with E-state index >= 15 is 0 Å². The Labute approximate surface area is 89.7 Å². The molecular formula is C13H26N+. The molecule has 82 valence electrons. The minimum absolute atomic E-state index is 1.01. The molecule has 0 heterocycles. The van der Waals surface area contributed by atoms with Crippen molar-refractivity contribution in [2.45, 2.75) is 33.6 Å². The molecule has 0 unspecified atom stereocenters. The summed E-state index contributed by atoms with van der Waals surface area (Å²) < 4.78 is 1.01. The van der Waals surface area contributed by atoms with E-state index in [4.69, 9.17) is 0 Å². The standard InChI is InChI=1S/C13H26N/c1-12(2)8-7-9-13(3)10-11-14(4,5)6/h8,10H,7,9,11H2,1-6H3/q+1. The van der Waals surface area contributed by atoms with Crippen molar-refractivity contribution in [1.29, 1.82) is 0 Å². The average Bonchev–Trinajstić information content (AvgIpc) is 1.99. The third-order valence-corrected chi connectivity index (χ3v) is 2.08. The average molecular weight is 196 g/mol. The van der Waals surface area contributed by atoms with E-state index in [1.165, 1.54) is 24.0 Å². The fourth-order valence-corrected chi connectivity index (χ4v) is 1.12. The lowest BCUT2D eigenvalue weighted by molar-refractivity contribution is -0.864. The van der Waals surface area contributed by atoms with Crippen LogP contribution in [0.15, 0.2) is 23.3 Å². The van der Waals surface area contributed by atoms with Crippen LogP contribution in [0.3, 0.4) is 0 Å². The van der Waals surface area contributed by atoms with Gasteiger partial charge in [0.25, 0.3) is 0 Å². The molecule has 0 aliphatic rings. The van der Waals surface area contributed by atoms with E-state index < -0.39 is 0 Å². The van der Waals surface area contributed by atoms with Crippen molar-refractivity contribution in [1.82, 2.24) is 0 Å². The van der Waals surface area contributed by atoms with Crippen molar-refractivity contribution in [3.8, 4) is 0 Å². The fourth-order valence-electron chi connectivity index (χ4n) is 1.12. The SMILES string of the molecule is CC(C)=CCCC(C)=CC[N+](C)(C)C. The Hall–Kier alpha value is -0.560. The molecule has 0 radical (unpaired) electrons. The van der Waals surface area contributed by atoms with Crippen molar-refractivity contribution in [2.24, 2.45) is 0 Å². The van der Waals surface area contributed by atoms with Gasteiger partial charge in [-0.3, -0.25) is 0 Å². The van der Waals surface area contributed by atoms with Crippen molar-refractivity contribution in [3.05, 3.63) is 23.3 Å². The summed E-state index contributed by atoms with van der Waals surface area (Å²) in [6.45, 7) is 7.67. The summed E-state index contributed by atoms with van der Waals surface area (Å²) in [6, 6.07) is 0. The molecule has 1 nitrogen and oxygen atoms in total. The van der Waals surface area contributed by atoms with Gasteiger partial charge in [0.2, 0.25) is 0 Å². The number of likely N-dealkylation sites (N-methyl/N-ethyl adjacent to an activating group) is 1. The van der Waals surface area contributed by atoms with Crippen molar-refractivity contribution < 1.29 is 4.48 Å². The first kappa shape index (κ1) is 13.4. The van der Waals surface area contributed by atoms with E-state index in [9.17, 15) is 0 Å². The van der Waals surface area contributed by atoms with Gasteiger partial charge in [0.1, 0.15) is 0 Å². The number of quaternary nitrogens is 1. The van der Waals surface area contributed by atoms with Crippen molar-refractivity contribution in [3.63, 3.8) is 0 Å². The molecule has 1 heteroatoms. The van der Waals surface area contributed by atoms with Gasteiger partial charge in [-0.15, -0.1) is 0 Å². The van der Waals surface area contributed by atoms with Crippen LogP contribution >= 0.6 is 0 Å². The number of hydrogen-bond acceptors (Lipinski definition) is 0. The lowest BCUT2D eigenvalue weighted by atomic mass is 10.1. The first-order chi connectivity index (χ1) is 6.31. The van der Waals surface area contributed by atoms with Gasteiger partial charge in [-0.05, 0) is 39.7 Å². The van der Waals surface area contributed by atoms with Crippen molar-refractivity contribution in [2.75, 3.05) is 27.7 Å². The number of hydrogen-bond donors (Lipinski definition) is 0. The quantitative estimate of drug-likeness (QED) is 0.467. The zero-order valence-corrected chi connectivity index (χ0v) is 10.7. The first-order valence-electron chi connectivity index (χ1n) is 5.41. The molecule has 0 fully saturated rings. The lowest BCUT2D eigenvalue weighted by Gasteiger charge is -2.22. The topological polar surface area (TPSA) is 0 Å². The summed E-state index contributed by atoms with van der Waals surface area (Å²) >= 11 is 0. The van der Waals surface area contributed by atoms with Crippen LogP contribution in [0.1, 0.15) is 33.6 Å². The van der Waals surface area contributed by atoms with Crippen LogP contribution in [0.25, 0.3) is 0 Å². The van der Waals surface area contributed by atoms with Crippen LogP contribution in [0.5, 0.6) is 0 Å². The van der Waals surface area contributed by atoms with Gasteiger partial charge in [-0.25, -0.2) is 0 Å². The van der Waals surface area contributed by atoms with Gasteiger partial charge < -0.3 is 4.48 Å². The second kappa shape index (κ2) is 6.02. The first-order valence-corrected chi connectivity index (χ1v) is 5.41. The number of allylic oxidation sites excluding steroid dienone is 3. The van der Waals surface area contributed by atoms with Gasteiger partial charge in [-0.2, -0.15) is 0 Å². The fraction of sp³-hybridized carbons (Fsp3) is 0.692. The Kier molecular flexibility index (Phi) is 5.78. The van der Waals surface area contributed by atoms with Gasteiger partial charge in [0.05, 0.1) is 27.7 Å². The van der Waals surface area contributed by atoms with E-state index in [2.05, 4.69) is 54.1 Å². The highest BCUT2D eigenvalue weighted by atomic mass is 15.3. The summed E-state index contributed by atoms with van der Waals surface area (Å²) in [5.41, 5.74) is 2.93. The van der Waals surface area contributed by atoms with E-state index in [-0.39, 0.29) is 0 Å². The van der Waals surface area contributed by atoms with Gasteiger partial charge in [-0.1, -0.05) is 17.2 Å². The maximum atomic E-state index is 2.36. The van der Waals surface area contributed by atoms with Crippen LogP contribution in [-0.4, -0.2) is 32.2 Å². The highest BCUT2D eigenvalue weighted by Gasteiger charge is 2.02. The smallest absolute Gasteiger partial charge is 0.0970 e. The minimum Gasteiger partial charge on any atom is -0.328 e. The van der Waals surface area contributed by atoms with Crippen LogP contribution in [-0.2, 0) is 0 Å². The highest BCUT2D eigenvalue weighted by molar-refractivity contribution is 5.02. The third kappa shape index (κ3) is 9.53. The van der Waals surface area contributed by atoms with Crippen LogP contribution in [0.2, 0.25) is 0 Å². The Morgan fingerprint density at radius 3 is 2.00 bits per heavy atom. The molecule has 0 aromatic heterocycles.